The Hall–Kier alpha value is -2.50. The average molecular weight is 356 g/mol. The minimum absolute atomic E-state index is 0.234. The van der Waals surface area contributed by atoms with Crippen LogP contribution < -0.4 is 5.73 Å². The molecule has 1 aromatic carbocycles. The van der Waals surface area contributed by atoms with Crippen molar-refractivity contribution in [3.8, 4) is 5.69 Å². The zero-order valence-corrected chi connectivity index (χ0v) is 16.0. The molecule has 140 valence electrons. The van der Waals surface area contributed by atoms with Gasteiger partial charge in [-0.2, -0.15) is 5.10 Å². The molecular formula is C20H28N4O2. The number of hydrogen-bond donors (Lipinski definition) is 1. The summed E-state index contributed by atoms with van der Waals surface area (Å²) < 4.78 is 7.28. The van der Waals surface area contributed by atoms with Gasteiger partial charge in [0.2, 0.25) is 0 Å². The van der Waals surface area contributed by atoms with Crippen molar-refractivity contribution in [2.24, 2.45) is 0 Å². The molecular weight excluding hydrogens is 328 g/mol. The number of carbonyl (C=O) groups excluding carboxylic acids is 1. The first-order valence-electron chi connectivity index (χ1n) is 9.14. The van der Waals surface area contributed by atoms with Gasteiger partial charge in [-0.05, 0) is 52.7 Å². The first kappa shape index (κ1) is 18.3. The number of nitrogens with zero attached hydrogens (tertiary/aromatic N) is 3. The lowest BCUT2D eigenvalue weighted by atomic mass is 9.92. The van der Waals surface area contributed by atoms with Crippen LogP contribution in [0.3, 0.4) is 0 Å². The van der Waals surface area contributed by atoms with Crippen LogP contribution in [0, 0.1) is 6.92 Å². The number of carbonyl (C=O) groups is 1. The standard InChI is InChI=1S/C20H28N4O2/c1-14-17(22-24(18(14)21)16-8-6-5-7-9-16)15-10-12-23(13-11-15)19(25)26-20(2,3)4/h5-9,15H,10-13,21H2,1-4H3. The van der Waals surface area contributed by atoms with Crippen LogP contribution in [0.1, 0.15) is 50.8 Å². The Balaban J connectivity index is 1.71. The van der Waals surface area contributed by atoms with E-state index in [9.17, 15) is 4.79 Å². The van der Waals surface area contributed by atoms with Gasteiger partial charge in [-0.3, -0.25) is 0 Å². The second-order valence-electron chi connectivity index (χ2n) is 7.88. The van der Waals surface area contributed by atoms with Gasteiger partial charge >= 0.3 is 6.09 Å². The predicted octanol–water partition coefficient (Wildman–Crippen LogP) is 3.88. The number of anilines is 1. The summed E-state index contributed by atoms with van der Waals surface area (Å²) in [4.78, 5) is 14.0. The predicted molar refractivity (Wildman–Crippen MR) is 102 cm³/mol. The summed E-state index contributed by atoms with van der Waals surface area (Å²) in [6, 6.07) is 9.92. The fraction of sp³-hybridized carbons (Fsp3) is 0.500. The molecule has 0 unspecified atom stereocenters. The average Bonchev–Trinajstić information content (AvgIpc) is 2.90. The zero-order valence-electron chi connectivity index (χ0n) is 16.0. The topological polar surface area (TPSA) is 73.4 Å². The first-order chi connectivity index (χ1) is 12.3. The number of nitrogen functional groups attached to an aromatic ring is 1. The SMILES string of the molecule is Cc1c(C2CCN(C(=O)OC(C)(C)C)CC2)nn(-c2ccccc2)c1N. The number of benzene rings is 1. The van der Waals surface area contributed by atoms with Crippen LogP contribution in [0.15, 0.2) is 30.3 Å². The summed E-state index contributed by atoms with van der Waals surface area (Å²) in [5.41, 5.74) is 8.87. The van der Waals surface area contributed by atoms with E-state index in [1.54, 1.807) is 4.90 Å². The molecule has 0 atom stereocenters. The Labute approximate surface area is 154 Å². The molecule has 1 amide bonds. The monoisotopic (exact) mass is 356 g/mol. The van der Waals surface area contributed by atoms with Crippen LogP contribution in [0.25, 0.3) is 5.69 Å². The Morgan fingerprint density at radius 3 is 2.38 bits per heavy atom. The smallest absolute Gasteiger partial charge is 0.410 e. The van der Waals surface area contributed by atoms with Gasteiger partial charge in [0.15, 0.2) is 0 Å². The van der Waals surface area contributed by atoms with Crippen LogP contribution in [0.4, 0.5) is 10.6 Å². The molecule has 1 aromatic heterocycles. The van der Waals surface area contributed by atoms with Gasteiger partial charge in [-0.15, -0.1) is 0 Å². The quantitative estimate of drug-likeness (QED) is 0.886. The lowest BCUT2D eigenvalue weighted by molar-refractivity contribution is 0.0204. The highest BCUT2D eigenvalue weighted by Crippen LogP contribution is 2.33. The molecule has 0 saturated carbocycles. The van der Waals surface area contributed by atoms with Gasteiger partial charge in [-0.1, -0.05) is 18.2 Å². The fourth-order valence-corrected chi connectivity index (χ4v) is 3.34. The maximum atomic E-state index is 12.2. The van der Waals surface area contributed by atoms with E-state index in [0.717, 1.165) is 29.8 Å². The second-order valence-corrected chi connectivity index (χ2v) is 7.88. The molecule has 0 bridgehead atoms. The Morgan fingerprint density at radius 1 is 1.19 bits per heavy atom. The van der Waals surface area contributed by atoms with Crippen LogP contribution >= 0.6 is 0 Å². The van der Waals surface area contributed by atoms with E-state index in [1.165, 1.54) is 0 Å². The molecule has 0 radical (unpaired) electrons. The highest BCUT2D eigenvalue weighted by atomic mass is 16.6. The van der Waals surface area contributed by atoms with Gasteiger partial charge in [0, 0.05) is 24.6 Å². The van der Waals surface area contributed by atoms with Gasteiger partial charge in [0.1, 0.15) is 11.4 Å². The lowest BCUT2D eigenvalue weighted by Gasteiger charge is -2.33. The highest BCUT2D eigenvalue weighted by Gasteiger charge is 2.30. The molecule has 6 nitrogen and oxygen atoms in total. The van der Waals surface area contributed by atoms with E-state index >= 15 is 0 Å². The van der Waals surface area contributed by atoms with Crippen molar-refractivity contribution in [2.75, 3.05) is 18.8 Å². The molecule has 1 saturated heterocycles. The van der Waals surface area contributed by atoms with Crippen molar-refractivity contribution in [3.05, 3.63) is 41.6 Å². The molecule has 6 heteroatoms. The Bertz CT molecular complexity index is 769. The number of nitrogens with two attached hydrogens (primary N) is 1. The van der Waals surface area contributed by atoms with Crippen LogP contribution in [0.5, 0.6) is 0 Å². The second kappa shape index (κ2) is 7.02. The Morgan fingerprint density at radius 2 is 1.81 bits per heavy atom. The molecule has 1 aliphatic rings. The molecule has 1 fully saturated rings. The van der Waals surface area contributed by atoms with Crippen molar-refractivity contribution in [1.29, 1.82) is 0 Å². The van der Waals surface area contributed by atoms with Crippen molar-refractivity contribution >= 4 is 11.9 Å². The molecule has 1 aliphatic heterocycles. The van der Waals surface area contributed by atoms with E-state index in [2.05, 4.69) is 0 Å². The maximum Gasteiger partial charge on any atom is 0.410 e. The molecule has 26 heavy (non-hydrogen) atoms. The van der Waals surface area contributed by atoms with E-state index in [0.29, 0.717) is 24.8 Å². The normalized spacial score (nSPS) is 15.9. The highest BCUT2D eigenvalue weighted by molar-refractivity contribution is 5.68. The van der Waals surface area contributed by atoms with Crippen molar-refractivity contribution in [1.82, 2.24) is 14.7 Å². The van der Waals surface area contributed by atoms with Crippen LogP contribution in [0.2, 0.25) is 0 Å². The largest absolute Gasteiger partial charge is 0.444 e. The third kappa shape index (κ3) is 3.84. The lowest BCUT2D eigenvalue weighted by Crippen LogP contribution is -2.41. The van der Waals surface area contributed by atoms with Crippen LogP contribution in [-0.2, 0) is 4.74 Å². The van der Waals surface area contributed by atoms with Crippen molar-refractivity contribution in [2.45, 2.75) is 52.1 Å². The molecule has 3 rings (SSSR count). The number of hydrogen-bond acceptors (Lipinski definition) is 4. The van der Waals surface area contributed by atoms with Crippen molar-refractivity contribution < 1.29 is 9.53 Å². The van der Waals surface area contributed by atoms with Gasteiger partial charge < -0.3 is 15.4 Å². The number of rotatable bonds is 2. The molecule has 0 spiro atoms. The minimum Gasteiger partial charge on any atom is -0.444 e. The molecule has 0 aliphatic carbocycles. The summed E-state index contributed by atoms with van der Waals surface area (Å²) in [6.45, 7) is 9.05. The van der Waals surface area contributed by atoms with Gasteiger partial charge in [0.05, 0.1) is 11.4 Å². The number of ether oxygens (including phenoxy) is 1. The number of aromatic nitrogens is 2. The summed E-state index contributed by atoms with van der Waals surface area (Å²) in [5.74, 6) is 0.988. The summed E-state index contributed by atoms with van der Waals surface area (Å²) in [6.07, 6.45) is 1.50. The maximum absolute atomic E-state index is 12.2. The van der Waals surface area contributed by atoms with E-state index in [1.807, 2.05) is 62.7 Å². The molecule has 2 aromatic rings. The zero-order chi connectivity index (χ0) is 18.9. The summed E-state index contributed by atoms with van der Waals surface area (Å²) in [7, 11) is 0. The fourth-order valence-electron chi connectivity index (χ4n) is 3.34. The van der Waals surface area contributed by atoms with E-state index in [4.69, 9.17) is 15.6 Å². The molecule has 2 N–H and O–H groups in total. The van der Waals surface area contributed by atoms with Gasteiger partial charge in [0.25, 0.3) is 0 Å². The van der Waals surface area contributed by atoms with Crippen LogP contribution in [-0.4, -0.2) is 39.5 Å². The minimum atomic E-state index is -0.465. The Kier molecular flexibility index (Phi) is 4.94. The number of piperidine rings is 1. The number of amides is 1. The van der Waals surface area contributed by atoms with Gasteiger partial charge in [-0.25, -0.2) is 9.48 Å². The van der Waals surface area contributed by atoms with Crippen molar-refractivity contribution in [3.63, 3.8) is 0 Å². The first-order valence-corrected chi connectivity index (χ1v) is 9.14. The molecule has 2 heterocycles. The number of likely N-dealkylation sites (tertiary alicyclic amines) is 1. The third-order valence-electron chi connectivity index (χ3n) is 4.74. The van der Waals surface area contributed by atoms with E-state index < -0.39 is 5.60 Å². The summed E-state index contributed by atoms with van der Waals surface area (Å²) in [5, 5.41) is 4.79. The number of para-hydroxylation sites is 1. The van der Waals surface area contributed by atoms with E-state index in [-0.39, 0.29) is 6.09 Å². The third-order valence-corrected chi connectivity index (χ3v) is 4.74. The summed E-state index contributed by atoms with van der Waals surface area (Å²) >= 11 is 0.